The number of fused-ring (bicyclic) bond motifs is 2. The molecule has 10 nitrogen and oxygen atoms in total. The molecule has 4 N–H and O–H groups in total. The molecule has 0 saturated heterocycles. The van der Waals surface area contributed by atoms with Gasteiger partial charge in [0.1, 0.15) is 11.3 Å². The number of hydrogen-bond donors (Lipinski definition) is 3. The number of carbonyl (C=O) groups excluding carboxylic acids is 1. The molecule has 0 fully saturated rings. The molecule has 0 aliphatic carbocycles. The zero-order chi connectivity index (χ0) is 28.9. The number of hydrogen-bond acceptors (Lipinski definition) is 8. The van der Waals surface area contributed by atoms with E-state index in [4.69, 9.17) is 15.2 Å². The zero-order valence-corrected chi connectivity index (χ0v) is 24.0. The number of aromatic nitrogens is 2. The second-order valence-electron chi connectivity index (χ2n) is 10.5. The van der Waals surface area contributed by atoms with E-state index in [0.29, 0.717) is 17.3 Å². The number of amidine groups is 1. The van der Waals surface area contributed by atoms with Gasteiger partial charge in [0, 0.05) is 18.0 Å². The maximum absolute atomic E-state index is 12.3. The standard InChI is InChI=1S/C30H36N8O2/c1-9-25(39)32-22-12-11-20(15-23(22)37(8)19(5)36(6)7)38-28(26-27(35-38)18(4)33-34-30(26)31)29-17(3)21-14-16(2)10-13-24(21)40-29/h9-15,18-19,33H,1H2,2-8H3,(H2,31,34)(H,32,39). The topological polar surface area (TPSA) is 117 Å². The summed E-state index contributed by atoms with van der Waals surface area (Å²) < 4.78 is 8.34. The summed E-state index contributed by atoms with van der Waals surface area (Å²) in [5.41, 5.74) is 17.0. The molecule has 40 heavy (non-hydrogen) atoms. The fraction of sp³-hybridized carbons (Fsp3) is 0.300. The first kappa shape index (κ1) is 27.0. The summed E-state index contributed by atoms with van der Waals surface area (Å²) in [5, 5.41) is 13.4. The lowest BCUT2D eigenvalue weighted by Crippen LogP contribution is -2.40. The van der Waals surface area contributed by atoms with Crippen molar-refractivity contribution in [2.75, 3.05) is 31.4 Å². The highest BCUT2D eigenvalue weighted by atomic mass is 16.3. The molecular weight excluding hydrogens is 504 g/mol. The number of furan rings is 1. The molecule has 0 radical (unpaired) electrons. The minimum atomic E-state index is -0.285. The number of carbonyl (C=O) groups is 1. The largest absolute Gasteiger partial charge is 0.454 e. The van der Waals surface area contributed by atoms with Crippen LogP contribution in [0.15, 0.2) is 58.6 Å². The average molecular weight is 541 g/mol. The van der Waals surface area contributed by atoms with Crippen molar-refractivity contribution in [3.8, 4) is 17.1 Å². The summed E-state index contributed by atoms with van der Waals surface area (Å²) in [4.78, 5) is 16.5. The first-order valence-electron chi connectivity index (χ1n) is 13.2. The molecule has 10 heteroatoms. The van der Waals surface area contributed by atoms with Crippen LogP contribution in [0.4, 0.5) is 11.4 Å². The summed E-state index contributed by atoms with van der Waals surface area (Å²) in [6.45, 7) is 11.8. The lowest BCUT2D eigenvalue weighted by molar-refractivity contribution is -0.111. The summed E-state index contributed by atoms with van der Waals surface area (Å²) in [5.74, 6) is 0.744. The third-order valence-corrected chi connectivity index (χ3v) is 7.62. The number of nitrogens with two attached hydrogens (primary N) is 1. The van der Waals surface area contributed by atoms with Gasteiger partial charge in [0.15, 0.2) is 11.6 Å². The Morgan fingerprint density at radius 1 is 1.23 bits per heavy atom. The van der Waals surface area contributed by atoms with Crippen molar-refractivity contribution in [1.29, 1.82) is 0 Å². The summed E-state index contributed by atoms with van der Waals surface area (Å²) in [7, 11) is 6.01. The maximum atomic E-state index is 12.3. The van der Waals surface area contributed by atoms with Crippen molar-refractivity contribution in [3.05, 3.63) is 71.4 Å². The van der Waals surface area contributed by atoms with Gasteiger partial charge in [0.25, 0.3) is 0 Å². The van der Waals surface area contributed by atoms with Gasteiger partial charge in [-0.15, -0.1) is 0 Å². The molecule has 2 unspecified atom stereocenters. The van der Waals surface area contributed by atoms with Crippen LogP contribution in [-0.4, -0.2) is 53.7 Å². The van der Waals surface area contributed by atoms with E-state index in [0.717, 1.165) is 50.4 Å². The number of benzene rings is 2. The second-order valence-corrected chi connectivity index (χ2v) is 10.5. The highest BCUT2D eigenvalue weighted by Gasteiger charge is 2.32. The highest BCUT2D eigenvalue weighted by Crippen LogP contribution is 2.40. The molecule has 2 atom stereocenters. The third-order valence-electron chi connectivity index (χ3n) is 7.62. The van der Waals surface area contributed by atoms with Gasteiger partial charge < -0.3 is 20.4 Å². The maximum Gasteiger partial charge on any atom is 0.247 e. The lowest BCUT2D eigenvalue weighted by atomic mass is 10.0. The van der Waals surface area contributed by atoms with Crippen molar-refractivity contribution in [2.45, 2.75) is 39.9 Å². The summed E-state index contributed by atoms with van der Waals surface area (Å²) in [6.07, 6.45) is 1.29. The molecule has 1 aliphatic rings. The van der Waals surface area contributed by atoms with Crippen molar-refractivity contribution >= 4 is 34.1 Å². The fourth-order valence-electron chi connectivity index (χ4n) is 5.01. The van der Waals surface area contributed by atoms with Crippen LogP contribution in [0.25, 0.3) is 28.1 Å². The van der Waals surface area contributed by atoms with Crippen LogP contribution in [0.1, 0.15) is 42.3 Å². The molecule has 2 aromatic carbocycles. The molecule has 0 spiro atoms. The van der Waals surface area contributed by atoms with E-state index < -0.39 is 0 Å². The van der Waals surface area contributed by atoms with Gasteiger partial charge in [-0.3, -0.25) is 15.1 Å². The monoisotopic (exact) mass is 540 g/mol. The highest BCUT2D eigenvalue weighted by molar-refractivity contribution is 6.06. The normalized spacial score (nSPS) is 15.4. The Hall–Kier alpha value is -4.57. The minimum absolute atomic E-state index is 0.0350. The molecule has 2 aromatic heterocycles. The van der Waals surface area contributed by atoms with Crippen LogP contribution in [0.5, 0.6) is 0 Å². The van der Waals surface area contributed by atoms with Crippen LogP contribution >= 0.6 is 0 Å². The van der Waals surface area contributed by atoms with Crippen LogP contribution in [0, 0.1) is 13.8 Å². The Morgan fingerprint density at radius 3 is 2.67 bits per heavy atom. The predicted octanol–water partition coefficient (Wildman–Crippen LogP) is 4.66. The average Bonchev–Trinajstić information content (AvgIpc) is 3.49. The van der Waals surface area contributed by atoms with Gasteiger partial charge in [0.2, 0.25) is 5.91 Å². The molecule has 0 saturated carbocycles. The number of aryl methyl sites for hydroxylation is 2. The molecule has 208 valence electrons. The van der Waals surface area contributed by atoms with E-state index in [2.05, 4.69) is 52.1 Å². The third kappa shape index (κ3) is 4.50. The van der Waals surface area contributed by atoms with Crippen molar-refractivity contribution in [3.63, 3.8) is 0 Å². The molecule has 1 aliphatic heterocycles. The Labute approximate surface area is 234 Å². The minimum Gasteiger partial charge on any atom is -0.454 e. The fourth-order valence-corrected chi connectivity index (χ4v) is 5.01. The number of rotatable bonds is 7. The van der Waals surface area contributed by atoms with E-state index in [1.165, 1.54) is 6.08 Å². The quantitative estimate of drug-likeness (QED) is 0.231. The van der Waals surface area contributed by atoms with Gasteiger partial charge in [-0.1, -0.05) is 18.2 Å². The Bertz CT molecular complexity index is 1660. The van der Waals surface area contributed by atoms with Crippen LogP contribution in [0.3, 0.4) is 0 Å². The van der Waals surface area contributed by atoms with Gasteiger partial charge in [-0.2, -0.15) is 10.2 Å². The number of nitrogens with zero attached hydrogens (tertiary/aromatic N) is 5. The lowest BCUT2D eigenvalue weighted by Gasteiger charge is -2.33. The number of amides is 1. The number of nitrogens with one attached hydrogen (secondary N) is 2. The van der Waals surface area contributed by atoms with Crippen LogP contribution in [0.2, 0.25) is 0 Å². The Morgan fingerprint density at radius 2 is 1.98 bits per heavy atom. The number of anilines is 2. The molecule has 4 aromatic rings. The van der Waals surface area contributed by atoms with Gasteiger partial charge in [-0.25, -0.2) is 4.68 Å². The molecular formula is C30H36N8O2. The van der Waals surface area contributed by atoms with E-state index in [1.54, 1.807) is 0 Å². The molecule has 5 rings (SSSR count). The Kier molecular flexibility index (Phi) is 6.89. The zero-order valence-electron chi connectivity index (χ0n) is 24.0. The SMILES string of the molecule is C=CC(=O)Nc1ccc(-n2nc3c(c2-c2oc4ccc(C)cc4c2C)C(N)=NNC3C)cc1N(C)C(C)N(C)C. The van der Waals surface area contributed by atoms with E-state index in [-0.39, 0.29) is 18.1 Å². The van der Waals surface area contributed by atoms with Crippen molar-refractivity contribution in [1.82, 2.24) is 20.1 Å². The van der Waals surface area contributed by atoms with Gasteiger partial charge in [-0.05, 0) is 78.2 Å². The van der Waals surface area contributed by atoms with Crippen LogP contribution in [-0.2, 0) is 4.79 Å². The first-order chi connectivity index (χ1) is 19.0. The van der Waals surface area contributed by atoms with E-state index in [1.807, 2.05) is 70.0 Å². The van der Waals surface area contributed by atoms with Crippen molar-refractivity contribution in [2.24, 2.45) is 10.8 Å². The second kappa shape index (κ2) is 10.2. The van der Waals surface area contributed by atoms with E-state index in [9.17, 15) is 4.79 Å². The summed E-state index contributed by atoms with van der Waals surface area (Å²) >= 11 is 0. The first-order valence-corrected chi connectivity index (χ1v) is 13.2. The summed E-state index contributed by atoms with van der Waals surface area (Å²) in [6, 6.07) is 11.8. The molecule has 1 amide bonds. The Balaban J connectivity index is 1.78. The van der Waals surface area contributed by atoms with E-state index >= 15 is 0 Å². The smallest absolute Gasteiger partial charge is 0.247 e. The predicted molar refractivity (Wildman–Crippen MR) is 161 cm³/mol. The van der Waals surface area contributed by atoms with Gasteiger partial charge >= 0.3 is 0 Å². The van der Waals surface area contributed by atoms with Crippen LogP contribution < -0.4 is 21.4 Å². The molecule has 3 heterocycles. The van der Waals surface area contributed by atoms with Crippen molar-refractivity contribution < 1.29 is 9.21 Å². The number of hydrazone groups is 1. The van der Waals surface area contributed by atoms with Gasteiger partial charge in [0.05, 0.1) is 40.5 Å². The molecule has 0 bridgehead atoms.